The molecule has 0 radical (unpaired) electrons. The zero-order valence-corrected chi connectivity index (χ0v) is 20.3. The predicted octanol–water partition coefficient (Wildman–Crippen LogP) is 2.42. The van der Waals surface area contributed by atoms with Crippen molar-refractivity contribution in [2.24, 2.45) is 5.73 Å². The SMILES string of the molecule is N=C(N)c1ccc(NCC(O)CN2CCN(S(=O)(=O)c3ccc(-c4ccccc4)cc3)CC2)cc1. The molecule has 4 rings (SSSR count). The van der Waals surface area contributed by atoms with Gasteiger partial charge in [-0.2, -0.15) is 4.31 Å². The molecule has 1 atom stereocenters. The summed E-state index contributed by atoms with van der Waals surface area (Å²) < 4.78 is 27.7. The van der Waals surface area contributed by atoms with Crippen LogP contribution in [0.25, 0.3) is 11.1 Å². The molecule has 0 bridgehead atoms. The van der Waals surface area contributed by atoms with E-state index in [0.717, 1.165) is 16.8 Å². The Kier molecular flexibility index (Phi) is 7.82. The summed E-state index contributed by atoms with van der Waals surface area (Å²) >= 11 is 0. The van der Waals surface area contributed by atoms with E-state index in [-0.39, 0.29) is 5.84 Å². The summed E-state index contributed by atoms with van der Waals surface area (Å²) in [5, 5.41) is 21.0. The third kappa shape index (κ3) is 6.26. The summed E-state index contributed by atoms with van der Waals surface area (Å²) in [5.74, 6) is 0.0157. The predicted molar refractivity (Wildman–Crippen MR) is 139 cm³/mol. The van der Waals surface area contributed by atoms with E-state index < -0.39 is 16.1 Å². The number of rotatable bonds is 9. The topological polar surface area (TPSA) is 123 Å². The zero-order valence-electron chi connectivity index (χ0n) is 19.5. The number of nitrogens with two attached hydrogens (primary N) is 1. The number of anilines is 1. The smallest absolute Gasteiger partial charge is 0.243 e. The van der Waals surface area contributed by atoms with Gasteiger partial charge in [-0.05, 0) is 47.5 Å². The maximum absolute atomic E-state index is 13.1. The number of amidine groups is 1. The van der Waals surface area contributed by atoms with Gasteiger partial charge in [-0.25, -0.2) is 8.42 Å². The molecule has 3 aromatic carbocycles. The Morgan fingerprint density at radius 2 is 1.51 bits per heavy atom. The fourth-order valence-corrected chi connectivity index (χ4v) is 5.54. The number of piperazine rings is 1. The van der Waals surface area contributed by atoms with E-state index in [1.807, 2.05) is 54.6 Å². The van der Waals surface area contributed by atoms with E-state index in [2.05, 4.69) is 10.2 Å². The number of nitrogen functional groups attached to an aromatic ring is 1. The van der Waals surface area contributed by atoms with Crippen LogP contribution in [0.15, 0.2) is 83.8 Å². The van der Waals surface area contributed by atoms with Gasteiger partial charge in [0.05, 0.1) is 11.0 Å². The first kappa shape index (κ1) is 24.9. The summed E-state index contributed by atoms with van der Waals surface area (Å²) in [4.78, 5) is 2.38. The lowest BCUT2D eigenvalue weighted by atomic mass is 10.1. The molecule has 8 nitrogen and oxygen atoms in total. The third-order valence-electron chi connectivity index (χ3n) is 6.14. The molecule has 9 heteroatoms. The van der Waals surface area contributed by atoms with Gasteiger partial charge in [-0.3, -0.25) is 10.3 Å². The molecule has 1 heterocycles. The Morgan fingerprint density at radius 3 is 2.11 bits per heavy atom. The Balaban J connectivity index is 1.26. The maximum atomic E-state index is 13.1. The number of hydrogen-bond donors (Lipinski definition) is 4. The van der Waals surface area contributed by atoms with Crippen LogP contribution >= 0.6 is 0 Å². The molecular weight excluding hydrogens is 462 g/mol. The minimum Gasteiger partial charge on any atom is -0.390 e. The number of nitrogens with one attached hydrogen (secondary N) is 2. The molecule has 0 aromatic heterocycles. The average Bonchev–Trinajstić information content (AvgIpc) is 2.88. The standard InChI is InChI=1S/C26H31N5O3S/c27-26(28)22-6-10-23(11-7-22)29-18-24(32)19-30-14-16-31(17-15-30)35(33,34)25-12-8-21(9-13-25)20-4-2-1-3-5-20/h1-13,24,29,32H,14-19H2,(H3,27,28). The summed E-state index contributed by atoms with van der Waals surface area (Å²) in [5.41, 5.74) is 8.98. The Morgan fingerprint density at radius 1 is 0.914 bits per heavy atom. The van der Waals surface area contributed by atoms with Crippen molar-refractivity contribution >= 4 is 21.5 Å². The van der Waals surface area contributed by atoms with Crippen LogP contribution in [0.5, 0.6) is 0 Å². The minimum absolute atomic E-state index is 0.0157. The lowest BCUT2D eigenvalue weighted by Crippen LogP contribution is -2.50. The van der Waals surface area contributed by atoms with Gasteiger partial charge >= 0.3 is 0 Å². The molecule has 1 unspecified atom stereocenters. The summed E-state index contributed by atoms with van der Waals surface area (Å²) in [7, 11) is -3.56. The van der Waals surface area contributed by atoms with Crippen molar-refractivity contribution in [3.63, 3.8) is 0 Å². The molecule has 3 aromatic rings. The van der Waals surface area contributed by atoms with Crippen LogP contribution in [0.4, 0.5) is 5.69 Å². The summed E-state index contributed by atoms with van der Waals surface area (Å²) in [6.45, 7) is 2.71. The molecule has 0 aliphatic carbocycles. The first-order chi connectivity index (χ1) is 16.8. The number of aliphatic hydroxyl groups is 1. The Hall–Kier alpha value is -3.24. The molecule has 5 N–H and O–H groups in total. The molecule has 1 saturated heterocycles. The zero-order chi connectivity index (χ0) is 24.8. The van der Waals surface area contributed by atoms with Crippen molar-refractivity contribution in [3.05, 3.63) is 84.4 Å². The molecule has 0 spiro atoms. The van der Waals surface area contributed by atoms with Gasteiger partial charge in [0.15, 0.2) is 0 Å². The number of nitrogens with zero attached hydrogens (tertiary/aromatic N) is 2. The van der Waals surface area contributed by atoms with Gasteiger partial charge < -0.3 is 16.2 Å². The van der Waals surface area contributed by atoms with E-state index in [9.17, 15) is 13.5 Å². The first-order valence-corrected chi connectivity index (χ1v) is 13.0. The molecule has 1 aliphatic rings. The van der Waals surface area contributed by atoms with Crippen LogP contribution in [0.2, 0.25) is 0 Å². The van der Waals surface area contributed by atoms with Crippen molar-refractivity contribution in [2.45, 2.75) is 11.0 Å². The van der Waals surface area contributed by atoms with E-state index >= 15 is 0 Å². The molecular formula is C26H31N5O3S. The van der Waals surface area contributed by atoms with Gasteiger partial charge in [0, 0.05) is 50.5 Å². The van der Waals surface area contributed by atoms with Crippen molar-refractivity contribution in [3.8, 4) is 11.1 Å². The monoisotopic (exact) mass is 493 g/mol. The molecule has 1 aliphatic heterocycles. The fraction of sp³-hybridized carbons (Fsp3) is 0.269. The summed E-state index contributed by atoms with van der Waals surface area (Å²) in [6, 6.07) is 24.0. The second kappa shape index (κ2) is 11.0. The second-order valence-corrected chi connectivity index (χ2v) is 10.6. The van der Waals surface area contributed by atoms with Gasteiger partial charge in [0.25, 0.3) is 0 Å². The molecule has 1 fully saturated rings. The second-order valence-electron chi connectivity index (χ2n) is 8.62. The van der Waals surface area contributed by atoms with Crippen LogP contribution in [0.1, 0.15) is 5.56 Å². The highest BCUT2D eigenvalue weighted by molar-refractivity contribution is 7.89. The lowest BCUT2D eigenvalue weighted by molar-refractivity contribution is 0.0994. The van der Waals surface area contributed by atoms with Gasteiger partial charge in [-0.15, -0.1) is 0 Å². The molecule has 35 heavy (non-hydrogen) atoms. The molecule has 0 amide bonds. The van der Waals surface area contributed by atoms with Gasteiger partial charge in [0.2, 0.25) is 10.0 Å². The van der Waals surface area contributed by atoms with Crippen LogP contribution < -0.4 is 11.1 Å². The summed E-state index contributed by atoms with van der Waals surface area (Å²) in [6.07, 6.45) is -0.601. The van der Waals surface area contributed by atoms with E-state index in [1.165, 1.54) is 4.31 Å². The Bertz CT molecular complexity index is 1220. The van der Waals surface area contributed by atoms with E-state index in [0.29, 0.717) is 49.7 Å². The highest BCUT2D eigenvalue weighted by Crippen LogP contribution is 2.23. The highest BCUT2D eigenvalue weighted by Gasteiger charge is 2.29. The largest absolute Gasteiger partial charge is 0.390 e. The van der Waals surface area contributed by atoms with Crippen LogP contribution in [-0.4, -0.2) is 73.9 Å². The number of sulfonamides is 1. The van der Waals surface area contributed by atoms with Crippen LogP contribution in [0.3, 0.4) is 0 Å². The lowest BCUT2D eigenvalue weighted by Gasteiger charge is -2.35. The van der Waals surface area contributed by atoms with Gasteiger partial charge in [-0.1, -0.05) is 42.5 Å². The average molecular weight is 494 g/mol. The van der Waals surface area contributed by atoms with Crippen molar-refractivity contribution in [1.29, 1.82) is 5.41 Å². The van der Waals surface area contributed by atoms with E-state index in [1.54, 1.807) is 24.3 Å². The number of β-amino-alcohol motifs (C(OH)–C–C–N with tert-alkyl or cyclic N) is 1. The van der Waals surface area contributed by atoms with Crippen molar-refractivity contribution in [2.75, 3.05) is 44.6 Å². The molecule has 184 valence electrons. The van der Waals surface area contributed by atoms with Gasteiger partial charge in [0.1, 0.15) is 5.84 Å². The highest BCUT2D eigenvalue weighted by atomic mass is 32.2. The van der Waals surface area contributed by atoms with Crippen molar-refractivity contribution in [1.82, 2.24) is 9.21 Å². The third-order valence-corrected chi connectivity index (χ3v) is 8.05. The van der Waals surface area contributed by atoms with E-state index in [4.69, 9.17) is 11.1 Å². The normalized spacial score (nSPS) is 16.0. The fourth-order valence-electron chi connectivity index (χ4n) is 4.12. The van der Waals surface area contributed by atoms with Crippen LogP contribution in [0, 0.1) is 5.41 Å². The first-order valence-electron chi connectivity index (χ1n) is 11.6. The van der Waals surface area contributed by atoms with Crippen molar-refractivity contribution < 1.29 is 13.5 Å². The number of benzene rings is 3. The van der Waals surface area contributed by atoms with Crippen LogP contribution in [-0.2, 0) is 10.0 Å². The Labute approximate surface area is 206 Å². The number of aliphatic hydroxyl groups excluding tert-OH is 1. The minimum atomic E-state index is -3.56. The quantitative estimate of drug-likeness (QED) is 0.268. The molecule has 0 saturated carbocycles. The maximum Gasteiger partial charge on any atom is 0.243 e. The number of hydrogen-bond acceptors (Lipinski definition) is 6.